The van der Waals surface area contributed by atoms with Crippen LogP contribution in [0.1, 0.15) is 38.7 Å². The Kier molecular flexibility index (Phi) is 4.66. The van der Waals surface area contributed by atoms with Crippen molar-refractivity contribution in [1.29, 1.82) is 0 Å². The molecule has 2 rings (SSSR count). The minimum atomic E-state index is -0.796. The van der Waals surface area contributed by atoms with E-state index in [1.165, 1.54) is 5.56 Å². The molecule has 0 spiro atoms. The summed E-state index contributed by atoms with van der Waals surface area (Å²) in [5.41, 5.74) is 1.17. The first-order valence-corrected chi connectivity index (χ1v) is 7.46. The van der Waals surface area contributed by atoms with E-state index in [-0.39, 0.29) is 11.3 Å². The molecule has 1 heterocycles. The third kappa shape index (κ3) is 3.84. The maximum absolute atomic E-state index is 12.2. The fraction of sp³-hybridized carbons (Fsp3) is 0.529. The molecule has 1 unspecified atom stereocenters. The van der Waals surface area contributed by atoms with E-state index >= 15 is 0 Å². The smallest absolute Gasteiger partial charge is 0.308 e. The van der Waals surface area contributed by atoms with E-state index in [0.717, 1.165) is 6.42 Å². The van der Waals surface area contributed by atoms with Crippen molar-refractivity contribution in [1.82, 2.24) is 4.90 Å². The predicted octanol–water partition coefficient (Wildman–Crippen LogP) is 2.68. The summed E-state index contributed by atoms with van der Waals surface area (Å²) in [7, 11) is 0. The van der Waals surface area contributed by atoms with Crippen LogP contribution in [0.25, 0.3) is 0 Å². The van der Waals surface area contributed by atoms with Gasteiger partial charge in [-0.15, -0.1) is 0 Å². The van der Waals surface area contributed by atoms with Crippen LogP contribution in [0.4, 0.5) is 0 Å². The molecule has 0 aliphatic carbocycles. The van der Waals surface area contributed by atoms with Crippen molar-refractivity contribution in [3.8, 4) is 0 Å². The number of carbonyl (C=O) groups is 2. The summed E-state index contributed by atoms with van der Waals surface area (Å²) in [6.07, 6.45) is 1.81. The second-order valence-corrected chi connectivity index (χ2v) is 6.41. The molecule has 1 aliphatic heterocycles. The van der Waals surface area contributed by atoms with Gasteiger partial charge >= 0.3 is 5.97 Å². The molecule has 1 fully saturated rings. The summed E-state index contributed by atoms with van der Waals surface area (Å²) < 4.78 is 0. The van der Waals surface area contributed by atoms with Crippen LogP contribution >= 0.6 is 0 Å². The Hall–Kier alpha value is -1.84. The van der Waals surface area contributed by atoms with Crippen molar-refractivity contribution in [2.24, 2.45) is 5.92 Å². The van der Waals surface area contributed by atoms with Crippen LogP contribution in [-0.4, -0.2) is 35.0 Å². The molecule has 21 heavy (non-hydrogen) atoms. The summed E-state index contributed by atoms with van der Waals surface area (Å²) in [6.45, 7) is 5.21. The molecule has 1 N–H and O–H groups in total. The van der Waals surface area contributed by atoms with Crippen LogP contribution in [0, 0.1) is 5.92 Å². The van der Waals surface area contributed by atoms with Gasteiger partial charge in [-0.3, -0.25) is 9.59 Å². The number of carbonyl (C=O) groups excluding carboxylic acids is 1. The summed E-state index contributed by atoms with van der Waals surface area (Å²) in [5, 5.41) is 8.98. The standard InChI is InChI=1S/C17H23NO3/c1-17(2,14-6-4-3-5-7-14)10-8-15(19)18-11-9-13(12-18)16(20)21/h3-7,13H,8-12H2,1-2H3,(H,20,21). The first kappa shape index (κ1) is 15.5. The Morgan fingerprint density at radius 2 is 1.95 bits per heavy atom. The number of hydrogen-bond donors (Lipinski definition) is 1. The van der Waals surface area contributed by atoms with E-state index in [1.54, 1.807) is 4.90 Å². The van der Waals surface area contributed by atoms with Gasteiger partial charge in [-0.2, -0.15) is 0 Å². The Bertz CT molecular complexity index is 510. The molecule has 114 valence electrons. The molecule has 1 saturated heterocycles. The first-order chi connectivity index (χ1) is 9.90. The fourth-order valence-corrected chi connectivity index (χ4v) is 2.80. The van der Waals surface area contributed by atoms with Gasteiger partial charge in [-0.25, -0.2) is 0 Å². The molecule has 0 bridgehead atoms. The Morgan fingerprint density at radius 1 is 1.29 bits per heavy atom. The molecule has 1 atom stereocenters. The lowest BCUT2D eigenvalue weighted by atomic mass is 9.80. The van der Waals surface area contributed by atoms with E-state index in [4.69, 9.17) is 5.11 Å². The zero-order valence-electron chi connectivity index (χ0n) is 12.7. The van der Waals surface area contributed by atoms with Crippen molar-refractivity contribution in [2.75, 3.05) is 13.1 Å². The van der Waals surface area contributed by atoms with E-state index in [2.05, 4.69) is 26.0 Å². The zero-order chi connectivity index (χ0) is 15.5. The largest absolute Gasteiger partial charge is 0.481 e. The van der Waals surface area contributed by atoms with Crippen LogP contribution in [0.2, 0.25) is 0 Å². The number of carboxylic acids is 1. The van der Waals surface area contributed by atoms with Gasteiger partial charge in [0, 0.05) is 19.5 Å². The van der Waals surface area contributed by atoms with Gasteiger partial charge in [0.15, 0.2) is 0 Å². The molecule has 0 radical (unpaired) electrons. The van der Waals surface area contributed by atoms with Crippen LogP contribution in [0.3, 0.4) is 0 Å². The van der Waals surface area contributed by atoms with E-state index in [9.17, 15) is 9.59 Å². The average molecular weight is 289 g/mol. The zero-order valence-corrected chi connectivity index (χ0v) is 12.7. The quantitative estimate of drug-likeness (QED) is 0.906. The highest BCUT2D eigenvalue weighted by Crippen LogP contribution is 2.29. The maximum Gasteiger partial charge on any atom is 0.308 e. The number of nitrogens with zero attached hydrogens (tertiary/aromatic N) is 1. The van der Waals surface area contributed by atoms with Gasteiger partial charge in [0.05, 0.1) is 5.92 Å². The second-order valence-electron chi connectivity index (χ2n) is 6.41. The Labute approximate surface area is 125 Å². The van der Waals surface area contributed by atoms with Crippen LogP contribution in [0.15, 0.2) is 30.3 Å². The van der Waals surface area contributed by atoms with Crippen LogP contribution in [-0.2, 0) is 15.0 Å². The van der Waals surface area contributed by atoms with E-state index < -0.39 is 11.9 Å². The molecule has 1 aromatic carbocycles. The van der Waals surface area contributed by atoms with Gasteiger partial charge < -0.3 is 10.0 Å². The van der Waals surface area contributed by atoms with Crippen LogP contribution < -0.4 is 0 Å². The molecule has 0 aromatic heterocycles. The van der Waals surface area contributed by atoms with E-state index in [0.29, 0.717) is 25.9 Å². The lowest BCUT2D eigenvalue weighted by Crippen LogP contribution is -2.31. The number of likely N-dealkylation sites (tertiary alicyclic amines) is 1. The minimum absolute atomic E-state index is 0.0527. The summed E-state index contributed by atoms with van der Waals surface area (Å²) in [6, 6.07) is 10.2. The topological polar surface area (TPSA) is 57.6 Å². The van der Waals surface area contributed by atoms with Crippen molar-refractivity contribution in [3.63, 3.8) is 0 Å². The molecule has 4 heteroatoms. The average Bonchev–Trinajstić information content (AvgIpc) is 2.96. The van der Waals surface area contributed by atoms with Crippen molar-refractivity contribution >= 4 is 11.9 Å². The fourth-order valence-electron chi connectivity index (χ4n) is 2.80. The third-order valence-electron chi connectivity index (χ3n) is 4.41. The minimum Gasteiger partial charge on any atom is -0.481 e. The highest BCUT2D eigenvalue weighted by Gasteiger charge is 2.31. The van der Waals surface area contributed by atoms with E-state index in [1.807, 2.05) is 18.2 Å². The normalized spacial score (nSPS) is 18.8. The molecule has 0 saturated carbocycles. The van der Waals surface area contributed by atoms with Crippen LogP contribution in [0.5, 0.6) is 0 Å². The monoisotopic (exact) mass is 289 g/mol. The number of rotatable bonds is 5. The lowest BCUT2D eigenvalue weighted by molar-refractivity contribution is -0.141. The first-order valence-electron chi connectivity index (χ1n) is 7.46. The number of aliphatic carboxylic acids is 1. The van der Waals surface area contributed by atoms with Crippen molar-refractivity contribution < 1.29 is 14.7 Å². The molecule has 1 aliphatic rings. The maximum atomic E-state index is 12.2. The van der Waals surface area contributed by atoms with Gasteiger partial charge in [-0.05, 0) is 23.8 Å². The highest BCUT2D eigenvalue weighted by atomic mass is 16.4. The summed E-state index contributed by atoms with van der Waals surface area (Å²) >= 11 is 0. The SMILES string of the molecule is CC(C)(CCC(=O)N1CCC(C(=O)O)C1)c1ccccc1. The predicted molar refractivity (Wildman–Crippen MR) is 81.0 cm³/mol. The Morgan fingerprint density at radius 3 is 2.52 bits per heavy atom. The highest BCUT2D eigenvalue weighted by molar-refractivity contribution is 5.78. The summed E-state index contributed by atoms with van der Waals surface area (Å²) in [4.78, 5) is 24.9. The molecule has 1 aromatic rings. The molecular formula is C17H23NO3. The Balaban J connectivity index is 1.88. The number of hydrogen-bond acceptors (Lipinski definition) is 2. The number of amides is 1. The van der Waals surface area contributed by atoms with Crippen molar-refractivity contribution in [2.45, 2.75) is 38.5 Å². The summed E-state index contributed by atoms with van der Waals surface area (Å²) in [5.74, 6) is -1.12. The number of benzene rings is 1. The lowest BCUT2D eigenvalue weighted by Gasteiger charge is -2.26. The molecular weight excluding hydrogens is 266 g/mol. The van der Waals surface area contributed by atoms with Gasteiger partial charge in [-0.1, -0.05) is 44.2 Å². The number of carboxylic acid groups (broad SMARTS) is 1. The van der Waals surface area contributed by atoms with Gasteiger partial charge in [0.1, 0.15) is 0 Å². The second kappa shape index (κ2) is 6.29. The third-order valence-corrected chi connectivity index (χ3v) is 4.41. The van der Waals surface area contributed by atoms with Gasteiger partial charge in [0.2, 0.25) is 5.91 Å². The molecule has 4 nitrogen and oxygen atoms in total. The molecule has 1 amide bonds. The van der Waals surface area contributed by atoms with Gasteiger partial charge in [0.25, 0.3) is 0 Å². The van der Waals surface area contributed by atoms with Crippen molar-refractivity contribution in [3.05, 3.63) is 35.9 Å².